The van der Waals surface area contributed by atoms with E-state index in [0.29, 0.717) is 24.9 Å². The standard InChI is InChI=1S/C22H27FN2O/c23-21-10-3-2-9-20(21)11-12-22(26)24-16-18-7-6-8-19(15-18)17-25-13-4-1-5-14-25/h2-3,6-10,15H,1,4-5,11-14,16-17H2,(H,24,26). The van der Waals surface area contributed by atoms with Crippen LogP contribution in [0.4, 0.5) is 4.39 Å². The summed E-state index contributed by atoms with van der Waals surface area (Å²) in [4.78, 5) is 14.6. The minimum atomic E-state index is -0.245. The average Bonchev–Trinajstić information content (AvgIpc) is 2.67. The predicted molar refractivity (Wildman–Crippen MR) is 102 cm³/mol. The molecular weight excluding hydrogens is 327 g/mol. The minimum Gasteiger partial charge on any atom is -0.352 e. The maximum atomic E-state index is 13.6. The van der Waals surface area contributed by atoms with Gasteiger partial charge < -0.3 is 5.32 Å². The van der Waals surface area contributed by atoms with Gasteiger partial charge in [-0.05, 0) is 55.1 Å². The zero-order chi connectivity index (χ0) is 18.2. The number of likely N-dealkylation sites (tertiary alicyclic amines) is 1. The van der Waals surface area contributed by atoms with Crippen molar-refractivity contribution < 1.29 is 9.18 Å². The van der Waals surface area contributed by atoms with Crippen molar-refractivity contribution in [1.82, 2.24) is 10.2 Å². The fourth-order valence-electron chi connectivity index (χ4n) is 3.45. The van der Waals surface area contributed by atoms with Gasteiger partial charge in [-0.3, -0.25) is 9.69 Å². The van der Waals surface area contributed by atoms with Gasteiger partial charge in [-0.1, -0.05) is 48.9 Å². The van der Waals surface area contributed by atoms with E-state index in [0.717, 1.165) is 12.1 Å². The number of carbonyl (C=O) groups is 1. The van der Waals surface area contributed by atoms with Crippen LogP contribution in [0.2, 0.25) is 0 Å². The molecule has 26 heavy (non-hydrogen) atoms. The van der Waals surface area contributed by atoms with Gasteiger partial charge in [0.15, 0.2) is 0 Å². The van der Waals surface area contributed by atoms with Crippen LogP contribution in [-0.2, 0) is 24.3 Å². The van der Waals surface area contributed by atoms with E-state index in [1.807, 2.05) is 6.07 Å². The molecule has 138 valence electrons. The van der Waals surface area contributed by atoms with Crippen LogP contribution in [0.3, 0.4) is 0 Å². The van der Waals surface area contributed by atoms with Gasteiger partial charge in [-0.2, -0.15) is 0 Å². The van der Waals surface area contributed by atoms with Crippen molar-refractivity contribution in [2.24, 2.45) is 0 Å². The lowest BCUT2D eigenvalue weighted by atomic mass is 10.1. The SMILES string of the molecule is O=C(CCc1ccccc1F)NCc1cccc(CN2CCCCC2)c1. The third kappa shape index (κ3) is 5.67. The molecule has 0 saturated carbocycles. The van der Waals surface area contributed by atoms with Crippen molar-refractivity contribution in [2.75, 3.05) is 13.1 Å². The molecule has 4 heteroatoms. The van der Waals surface area contributed by atoms with Crippen molar-refractivity contribution in [2.45, 2.75) is 45.2 Å². The summed E-state index contributed by atoms with van der Waals surface area (Å²) >= 11 is 0. The Labute approximate surface area is 155 Å². The molecule has 2 aromatic carbocycles. The molecule has 0 aliphatic carbocycles. The number of benzene rings is 2. The van der Waals surface area contributed by atoms with Crippen LogP contribution in [0, 0.1) is 5.82 Å². The third-order valence-electron chi connectivity index (χ3n) is 4.92. The van der Waals surface area contributed by atoms with Crippen LogP contribution in [0.5, 0.6) is 0 Å². The van der Waals surface area contributed by atoms with E-state index in [-0.39, 0.29) is 11.7 Å². The molecule has 0 spiro atoms. The van der Waals surface area contributed by atoms with Crippen LogP contribution in [-0.4, -0.2) is 23.9 Å². The van der Waals surface area contributed by atoms with E-state index in [1.165, 1.54) is 44.0 Å². The summed E-state index contributed by atoms with van der Waals surface area (Å²) < 4.78 is 13.6. The number of hydrogen-bond acceptors (Lipinski definition) is 2. The van der Waals surface area contributed by atoms with Gasteiger partial charge in [-0.25, -0.2) is 4.39 Å². The Morgan fingerprint density at radius 1 is 1.00 bits per heavy atom. The van der Waals surface area contributed by atoms with Crippen molar-refractivity contribution in [3.63, 3.8) is 0 Å². The first-order chi connectivity index (χ1) is 12.7. The Morgan fingerprint density at radius 2 is 1.77 bits per heavy atom. The predicted octanol–water partition coefficient (Wildman–Crippen LogP) is 4.06. The van der Waals surface area contributed by atoms with E-state index in [9.17, 15) is 9.18 Å². The van der Waals surface area contributed by atoms with Crippen LogP contribution >= 0.6 is 0 Å². The molecule has 0 unspecified atom stereocenters. The summed E-state index contributed by atoms with van der Waals surface area (Å²) in [5.74, 6) is -0.291. The number of piperidine rings is 1. The number of carbonyl (C=O) groups excluding carboxylic acids is 1. The molecule has 2 aromatic rings. The third-order valence-corrected chi connectivity index (χ3v) is 4.92. The molecule has 1 saturated heterocycles. The highest BCUT2D eigenvalue weighted by atomic mass is 19.1. The number of nitrogens with one attached hydrogen (secondary N) is 1. The van der Waals surface area contributed by atoms with Crippen LogP contribution in [0.1, 0.15) is 42.4 Å². The first-order valence-electron chi connectivity index (χ1n) is 9.51. The summed E-state index contributed by atoms with van der Waals surface area (Å²) in [5.41, 5.74) is 3.00. The molecule has 3 nitrogen and oxygen atoms in total. The number of hydrogen-bond donors (Lipinski definition) is 1. The molecule has 0 aromatic heterocycles. The second-order valence-electron chi connectivity index (χ2n) is 7.02. The number of nitrogens with zero attached hydrogens (tertiary/aromatic N) is 1. The largest absolute Gasteiger partial charge is 0.352 e. The Kier molecular flexibility index (Phi) is 6.78. The quantitative estimate of drug-likeness (QED) is 0.813. The first kappa shape index (κ1) is 18.6. The van der Waals surface area contributed by atoms with E-state index in [4.69, 9.17) is 0 Å². The zero-order valence-corrected chi connectivity index (χ0v) is 15.2. The lowest BCUT2D eigenvalue weighted by Gasteiger charge is -2.26. The van der Waals surface area contributed by atoms with E-state index in [1.54, 1.807) is 18.2 Å². The highest BCUT2D eigenvalue weighted by Crippen LogP contribution is 2.14. The topological polar surface area (TPSA) is 32.3 Å². The smallest absolute Gasteiger partial charge is 0.220 e. The van der Waals surface area contributed by atoms with Crippen molar-refractivity contribution in [1.29, 1.82) is 0 Å². The van der Waals surface area contributed by atoms with Crippen molar-refractivity contribution in [3.8, 4) is 0 Å². The normalized spacial score (nSPS) is 15.0. The van der Waals surface area contributed by atoms with Crippen LogP contribution in [0.15, 0.2) is 48.5 Å². The fourth-order valence-corrected chi connectivity index (χ4v) is 3.45. The summed E-state index contributed by atoms with van der Waals surface area (Å²) in [6.07, 6.45) is 4.65. The van der Waals surface area contributed by atoms with Crippen molar-refractivity contribution in [3.05, 3.63) is 71.0 Å². The zero-order valence-electron chi connectivity index (χ0n) is 15.2. The Hall–Kier alpha value is -2.20. The van der Waals surface area contributed by atoms with Gasteiger partial charge in [0.05, 0.1) is 0 Å². The highest BCUT2D eigenvalue weighted by molar-refractivity contribution is 5.76. The number of rotatable bonds is 7. The van der Waals surface area contributed by atoms with Crippen molar-refractivity contribution >= 4 is 5.91 Å². The van der Waals surface area contributed by atoms with Gasteiger partial charge in [0.2, 0.25) is 5.91 Å². The molecule has 3 rings (SSSR count). The minimum absolute atomic E-state index is 0.0466. The fraction of sp³-hybridized carbons (Fsp3) is 0.409. The molecule has 0 bridgehead atoms. The molecule has 0 radical (unpaired) electrons. The molecule has 0 atom stereocenters. The average molecular weight is 354 g/mol. The highest BCUT2D eigenvalue weighted by Gasteiger charge is 2.11. The van der Waals surface area contributed by atoms with Gasteiger partial charge in [0, 0.05) is 19.5 Å². The molecule has 1 aliphatic rings. The van der Waals surface area contributed by atoms with E-state index in [2.05, 4.69) is 28.4 Å². The first-order valence-corrected chi connectivity index (χ1v) is 9.51. The summed E-state index contributed by atoms with van der Waals surface area (Å²) in [6.45, 7) is 3.85. The Balaban J connectivity index is 1.45. The summed E-state index contributed by atoms with van der Waals surface area (Å²) in [6, 6.07) is 15.0. The van der Waals surface area contributed by atoms with Gasteiger partial charge in [0.1, 0.15) is 5.82 Å². The summed E-state index contributed by atoms with van der Waals surface area (Å²) in [5, 5.41) is 2.94. The molecule has 1 fully saturated rings. The molecule has 1 aliphatic heterocycles. The Bertz CT molecular complexity index is 726. The lowest BCUT2D eigenvalue weighted by molar-refractivity contribution is -0.121. The summed E-state index contributed by atoms with van der Waals surface area (Å²) in [7, 11) is 0. The monoisotopic (exact) mass is 354 g/mol. The van der Waals surface area contributed by atoms with Gasteiger partial charge >= 0.3 is 0 Å². The molecular formula is C22H27FN2O. The maximum absolute atomic E-state index is 13.6. The van der Waals surface area contributed by atoms with Gasteiger partial charge in [-0.15, -0.1) is 0 Å². The van der Waals surface area contributed by atoms with E-state index < -0.39 is 0 Å². The molecule has 1 heterocycles. The molecule has 1 N–H and O–H groups in total. The lowest BCUT2D eigenvalue weighted by Crippen LogP contribution is -2.29. The second kappa shape index (κ2) is 9.48. The maximum Gasteiger partial charge on any atom is 0.220 e. The number of halogens is 1. The Morgan fingerprint density at radius 3 is 2.58 bits per heavy atom. The van der Waals surface area contributed by atoms with Gasteiger partial charge in [0.25, 0.3) is 0 Å². The van der Waals surface area contributed by atoms with Crippen LogP contribution < -0.4 is 5.32 Å². The second-order valence-corrected chi connectivity index (χ2v) is 7.02. The number of amides is 1. The van der Waals surface area contributed by atoms with E-state index >= 15 is 0 Å². The molecule has 1 amide bonds. The number of aryl methyl sites for hydroxylation is 1. The van der Waals surface area contributed by atoms with Crippen LogP contribution in [0.25, 0.3) is 0 Å².